The topological polar surface area (TPSA) is 179 Å². The maximum Gasteiger partial charge on any atom is 0.229 e. The lowest BCUT2D eigenvalue weighted by Gasteiger charge is -2.40. The fourth-order valence-electron chi connectivity index (χ4n) is 2.93. The Hall–Kier alpha value is -1.54. The molecule has 28 heavy (non-hydrogen) atoms. The average Bonchev–Trinajstić information content (AvgIpc) is 2.98. The van der Waals surface area contributed by atoms with Gasteiger partial charge in [0.25, 0.3) is 0 Å². The van der Waals surface area contributed by atoms with Crippen LogP contribution in [0.25, 0.3) is 0 Å². The van der Waals surface area contributed by atoms with Gasteiger partial charge in [0, 0.05) is 0 Å². The summed E-state index contributed by atoms with van der Waals surface area (Å²) in [6.45, 7) is -1.45. The number of benzene rings is 1. The summed E-state index contributed by atoms with van der Waals surface area (Å²) in [5.74, 6) is 0.254. The van der Waals surface area contributed by atoms with E-state index in [4.69, 9.17) is 24.1 Å². The Balaban J connectivity index is 1.61. The Bertz CT molecular complexity index is 640. The van der Waals surface area contributed by atoms with Crippen LogP contribution in [-0.4, -0.2) is 104 Å². The van der Waals surface area contributed by atoms with E-state index >= 15 is 0 Å². The molecule has 2 aliphatic rings. The second-order valence-corrected chi connectivity index (χ2v) is 6.85. The Morgan fingerprint density at radius 2 is 1.68 bits per heavy atom. The van der Waals surface area contributed by atoms with Gasteiger partial charge in [-0.05, 0) is 24.3 Å². The molecule has 0 radical (unpaired) electrons. The van der Waals surface area contributed by atoms with Gasteiger partial charge in [0.2, 0.25) is 6.29 Å². The lowest BCUT2D eigenvalue weighted by Crippen LogP contribution is -2.60. The van der Waals surface area contributed by atoms with Crippen LogP contribution in [0.15, 0.2) is 24.3 Å². The molecule has 0 aromatic heterocycles. The molecule has 2 saturated heterocycles. The van der Waals surface area contributed by atoms with E-state index in [-0.39, 0.29) is 24.7 Å². The number of aromatic hydroxyl groups is 1. The Labute approximate surface area is 159 Å². The van der Waals surface area contributed by atoms with Crippen LogP contribution in [0, 0.1) is 0 Å². The molecular formula is C17H24O11. The molecule has 8 atom stereocenters. The fourth-order valence-corrected chi connectivity index (χ4v) is 2.93. The number of hydrogen-bond acceptors (Lipinski definition) is 11. The van der Waals surface area contributed by atoms with Gasteiger partial charge < -0.3 is 54.7 Å². The van der Waals surface area contributed by atoms with Crippen molar-refractivity contribution < 1.29 is 54.7 Å². The Kier molecular flexibility index (Phi) is 6.39. The predicted molar refractivity (Wildman–Crippen MR) is 89.2 cm³/mol. The van der Waals surface area contributed by atoms with Crippen molar-refractivity contribution in [3.8, 4) is 11.5 Å². The van der Waals surface area contributed by atoms with Crippen molar-refractivity contribution in [1.82, 2.24) is 0 Å². The highest BCUT2D eigenvalue weighted by molar-refractivity contribution is 5.30. The summed E-state index contributed by atoms with van der Waals surface area (Å²) >= 11 is 0. The lowest BCUT2D eigenvalue weighted by atomic mass is 9.99. The monoisotopic (exact) mass is 404 g/mol. The van der Waals surface area contributed by atoms with E-state index in [0.717, 1.165) is 0 Å². The third-order valence-corrected chi connectivity index (χ3v) is 4.76. The number of ether oxygens (including phenoxy) is 4. The molecule has 3 rings (SSSR count). The number of aliphatic hydroxyl groups excluding tert-OH is 5. The molecule has 8 unspecified atom stereocenters. The molecule has 1 aromatic rings. The minimum absolute atomic E-state index is 0.0113. The number of rotatable bonds is 6. The molecule has 1 aromatic carbocycles. The van der Waals surface area contributed by atoms with Crippen molar-refractivity contribution in [2.75, 3.05) is 19.8 Å². The van der Waals surface area contributed by atoms with E-state index in [9.17, 15) is 30.6 Å². The summed E-state index contributed by atoms with van der Waals surface area (Å²) in [7, 11) is 0. The van der Waals surface area contributed by atoms with Crippen molar-refractivity contribution in [3.05, 3.63) is 24.3 Å². The summed E-state index contributed by atoms with van der Waals surface area (Å²) in [5, 5.41) is 68.6. The van der Waals surface area contributed by atoms with Gasteiger partial charge in [-0.2, -0.15) is 0 Å². The predicted octanol–water partition coefficient (Wildman–Crippen LogP) is -2.96. The zero-order chi connectivity index (χ0) is 20.5. The molecule has 0 amide bonds. The van der Waals surface area contributed by atoms with Gasteiger partial charge in [0.1, 0.15) is 47.6 Å². The zero-order valence-corrected chi connectivity index (χ0v) is 14.7. The van der Waals surface area contributed by atoms with Crippen LogP contribution in [0.5, 0.6) is 11.5 Å². The zero-order valence-electron chi connectivity index (χ0n) is 14.7. The molecule has 0 aliphatic carbocycles. The van der Waals surface area contributed by atoms with Crippen molar-refractivity contribution in [2.24, 2.45) is 0 Å². The lowest BCUT2D eigenvalue weighted by molar-refractivity contribution is -0.289. The van der Waals surface area contributed by atoms with Gasteiger partial charge in [-0.25, -0.2) is 0 Å². The highest BCUT2D eigenvalue weighted by atomic mass is 16.7. The smallest absolute Gasteiger partial charge is 0.229 e. The van der Waals surface area contributed by atoms with E-state index in [1.54, 1.807) is 0 Å². The average molecular weight is 404 g/mol. The maximum absolute atomic E-state index is 10.1. The van der Waals surface area contributed by atoms with E-state index < -0.39 is 55.3 Å². The van der Waals surface area contributed by atoms with Gasteiger partial charge in [-0.3, -0.25) is 0 Å². The molecule has 0 spiro atoms. The minimum atomic E-state index is -1.86. The number of phenols is 1. The molecule has 11 heteroatoms. The van der Waals surface area contributed by atoms with Crippen molar-refractivity contribution in [2.45, 2.75) is 48.7 Å². The molecule has 2 heterocycles. The largest absolute Gasteiger partial charge is 0.508 e. The number of hydrogen-bond donors (Lipinski definition) is 7. The summed E-state index contributed by atoms with van der Waals surface area (Å²) in [4.78, 5) is 0. The molecule has 0 bridgehead atoms. The van der Waals surface area contributed by atoms with E-state index in [1.165, 1.54) is 24.3 Å². The standard InChI is InChI=1S/C17H24O11/c18-6-17(24)7-26-16(14(17)23)25-5-10-11(20)12(21)13(22)15(28-10)27-9-3-1-8(19)2-4-9/h1-4,10-16,18-24H,5-7H2. The molecule has 0 saturated carbocycles. The summed E-state index contributed by atoms with van der Waals surface area (Å²) in [6, 6.07) is 5.56. The number of aliphatic hydroxyl groups is 6. The summed E-state index contributed by atoms with van der Waals surface area (Å²) < 4.78 is 21.3. The Morgan fingerprint density at radius 1 is 1.00 bits per heavy atom. The van der Waals surface area contributed by atoms with Crippen molar-refractivity contribution in [3.63, 3.8) is 0 Å². The highest BCUT2D eigenvalue weighted by Crippen LogP contribution is 2.28. The van der Waals surface area contributed by atoms with Crippen molar-refractivity contribution in [1.29, 1.82) is 0 Å². The van der Waals surface area contributed by atoms with Crippen LogP contribution in [0.3, 0.4) is 0 Å². The van der Waals surface area contributed by atoms with Crippen LogP contribution >= 0.6 is 0 Å². The first-order chi connectivity index (χ1) is 13.2. The van der Waals surface area contributed by atoms with Gasteiger partial charge in [-0.1, -0.05) is 0 Å². The number of phenolic OH excluding ortho intramolecular Hbond substituents is 1. The SMILES string of the molecule is OCC1(O)COC(OCC2OC(Oc3ccc(O)cc3)C(O)C(O)C2O)C1O. The quantitative estimate of drug-likeness (QED) is 0.257. The molecule has 2 fully saturated rings. The third-order valence-electron chi connectivity index (χ3n) is 4.76. The first kappa shape index (κ1) is 21.2. The van der Waals surface area contributed by atoms with Gasteiger partial charge in [-0.15, -0.1) is 0 Å². The molecule has 2 aliphatic heterocycles. The third kappa shape index (κ3) is 4.22. The second kappa shape index (κ2) is 8.45. The van der Waals surface area contributed by atoms with Crippen LogP contribution < -0.4 is 4.74 Å². The van der Waals surface area contributed by atoms with Gasteiger partial charge in [0.05, 0.1) is 19.8 Å². The Morgan fingerprint density at radius 3 is 2.29 bits per heavy atom. The van der Waals surface area contributed by atoms with Crippen LogP contribution in [0.2, 0.25) is 0 Å². The van der Waals surface area contributed by atoms with E-state index in [2.05, 4.69) is 0 Å². The second-order valence-electron chi connectivity index (χ2n) is 6.85. The summed E-state index contributed by atoms with van der Waals surface area (Å²) in [5.41, 5.74) is -1.86. The first-order valence-electron chi connectivity index (χ1n) is 8.65. The van der Waals surface area contributed by atoms with E-state index in [1.807, 2.05) is 0 Å². The fraction of sp³-hybridized carbons (Fsp3) is 0.647. The van der Waals surface area contributed by atoms with E-state index in [0.29, 0.717) is 0 Å². The molecule has 7 N–H and O–H groups in total. The first-order valence-corrected chi connectivity index (χ1v) is 8.65. The van der Waals surface area contributed by atoms with Crippen molar-refractivity contribution >= 4 is 0 Å². The normalized spacial score (nSPS) is 41.1. The molecular weight excluding hydrogens is 380 g/mol. The maximum atomic E-state index is 10.1. The van der Waals surface area contributed by atoms with Gasteiger partial charge in [0.15, 0.2) is 6.29 Å². The molecule has 11 nitrogen and oxygen atoms in total. The highest BCUT2D eigenvalue weighted by Gasteiger charge is 2.50. The van der Waals surface area contributed by atoms with Gasteiger partial charge >= 0.3 is 0 Å². The van der Waals surface area contributed by atoms with Crippen LogP contribution in [0.1, 0.15) is 0 Å². The summed E-state index contributed by atoms with van der Waals surface area (Å²) in [6.07, 6.45) is -10.0. The van der Waals surface area contributed by atoms with Crippen LogP contribution in [0.4, 0.5) is 0 Å². The molecule has 158 valence electrons. The van der Waals surface area contributed by atoms with Crippen LogP contribution in [-0.2, 0) is 14.2 Å². The minimum Gasteiger partial charge on any atom is -0.508 e.